The number of H-pyrrole nitrogens is 1. The van der Waals surface area contributed by atoms with Crippen LogP contribution in [0.1, 0.15) is 16.1 Å². The number of carbonyl (C=O) groups excluding carboxylic acids is 1. The SMILES string of the molecule is Cc1[nH]c2ccccc2c1-c1csc(NC(=O)c2ccc([S@@](C)=O)cc2)n1. The summed E-state index contributed by atoms with van der Waals surface area (Å²) in [5.74, 6) is -0.236. The van der Waals surface area contributed by atoms with Gasteiger partial charge in [0.1, 0.15) is 0 Å². The average Bonchev–Trinajstić information content (AvgIpc) is 3.24. The van der Waals surface area contributed by atoms with Crippen LogP contribution in [-0.2, 0) is 10.8 Å². The highest BCUT2D eigenvalue weighted by Gasteiger charge is 2.15. The highest BCUT2D eigenvalue weighted by Crippen LogP contribution is 2.33. The van der Waals surface area contributed by atoms with Gasteiger partial charge in [-0.05, 0) is 37.3 Å². The van der Waals surface area contributed by atoms with E-state index in [1.807, 2.05) is 30.5 Å². The molecule has 7 heteroatoms. The lowest BCUT2D eigenvalue weighted by atomic mass is 10.1. The van der Waals surface area contributed by atoms with E-state index in [9.17, 15) is 9.00 Å². The number of rotatable bonds is 4. The third kappa shape index (κ3) is 3.43. The summed E-state index contributed by atoms with van der Waals surface area (Å²) in [6.45, 7) is 2.02. The summed E-state index contributed by atoms with van der Waals surface area (Å²) >= 11 is 1.39. The number of carbonyl (C=O) groups is 1. The number of aryl methyl sites for hydroxylation is 1. The van der Waals surface area contributed by atoms with Crippen LogP contribution >= 0.6 is 11.3 Å². The molecule has 2 N–H and O–H groups in total. The smallest absolute Gasteiger partial charge is 0.257 e. The molecule has 0 aliphatic heterocycles. The molecule has 0 saturated heterocycles. The van der Waals surface area contributed by atoms with Crippen LogP contribution in [0.2, 0.25) is 0 Å². The van der Waals surface area contributed by atoms with Gasteiger partial charge < -0.3 is 4.98 Å². The summed E-state index contributed by atoms with van der Waals surface area (Å²) in [6.07, 6.45) is 1.61. The monoisotopic (exact) mass is 395 g/mol. The van der Waals surface area contributed by atoms with Crippen LogP contribution in [0.5, 0.6) is 0 Å². The molecule has 2 heterocycles. The van der Waals surface area contributed by atoms with Gasteiger partial charge in [-0.3, -0.25) is 14.3 Å². The molecule has 1 amide bonds. The Kier molecular flexibility index (Phi) is 4.63. The first-order valence-electron chi connectivity index (χ1n) is 8.31. The second-order valence-corrected chi connectivity index (χ2v) is 8.38. The third-order valence-electron chi connectivity index (χ3n) is 4.32. The highest BCUT2D eigenvalue weighted by atomic mass is 32.2. The minimum Gasteiger partial charge on any atom is -0.358 e. The molecule has 5 nitrogen and oxygen atoms in total. The first-order chi connectivity index (χ1) is 13.0. The summed E-state index contributed by atoms with van der Waals surface area (Å²) in [4.78, 5) is 21.1. The van der Waals surface area contributed by atoms with Gasteiger partial charge in [0, 0.05) is 55.1 Å². The van der Waals surface area contributed by atoms with E-state index in [2.05, 4.69) is 21.4 Å². The molecule has 0 saturated carbocycles. The average molecular weight is 396 g/mol. The van der Waals surface area contributed by atoms with E-state index in [4.69, 9.17) is 0 Å². The maximum atomic E-state index is 12.4. The fourth-order valence-corrected chi connectivity index (χ4v) is 4.24. The van der Waals surface area contributed by atoms with Crippen molar-refractivity contribution in [2.24, 2.45) is 0 Å². The summed E-state index contributed by atoms with van der Waals surface area (Å²) < 4.78 is 11.5. The first kappa shape index (κ1) is 17.6. The Morgan fingerprint density at radius 3 is 2.63 bits per heavy atom. The number of fused-ring (bicyclic) bond motifs is 1. The number of aromatic nitrogens is 2. The Morgan fingerprint density at radius 2 is 1.89 bits per heavy atom. The van der Waals surface area contributed by atoms with Gasteiger partial charge in [0.05, 0.1) is 5.69 Å². The van der Waals surface area contributed by atoms with Crippen molar-refractivity contribution in [2.75, 3.05) is 11.6 Å². The van der Waals surface area contributed by atoms with Crippen molar-refractivity contribution in [1.82, 2.24) is 9.97 Å². The van der Waals surface area contributed by atoms with E-state index in [1.54, 1.807) is 30.5 Å². The number of hydrogen-bond acceptors (Lipinski definition) is 4. The van der Waals surface area contributed by atoms with Gasteiger partial charge in [-0.25, -0.2) is 4.98 Å². The predicted molar refractivity (Wildman–Crippen MR) is 111 cm³/mol. The van der Waals surface area contributed by atoms with Crippen LogP contribution < -0.4 is 5.32 Å². The lowest BCUT2D eigenvalue weighted by Gasteiger charge is -2.03. The van der Waals surface area contributed by atoms with E-state index in [1.165, 1.54) is 11.3 Å². The highest BCUT2D eigenvalue weighted by molar-refractivity contribution is 7.84. The van der Waals surface area contributed by atoms with E-state index in [-0.39, 0.29) is 5.91 Å². The number of nitrogens with one attached hydrogen (secondary N) is 2. The van der Waals surface area contributed by atoms with Crippen molar-refractivity contribution in [3.8, 4) is 11.3 Å². The van der Waals surface area contributed by atoms with E-state index >= 15 is 0 Å². The molecule has 4 rings (SSSR count). The van der Waals surface area contributed by atoms with Gasteiger partial charge in [-0.15, -0.1) is 11.3 Å². The Labute approximate surface area is 162 Å². The third-order valence-corrected chi connectivity index (χ3v) is 6.02. The number of aromatic amines is 1. The zero-order valence-electron chi connectivity index (χ0n) is 14.8. The van der Waals surface area contributed by atoms with Gasteiger partial charge in [0.15, 0.2) is 5.13 Å². The summed E-state index contributed by atoms with van der Waals surface area (Å²) in [5, 5.41) is 6.44. The normalized spacial score (nSPS) is 12.2. The molecule has 0 unspecified atom stereocenters. The topological polar surface area (TPSA) is 74.8 Å². The largest absolute Gasteiger partial charge is 0.358 e. The Morgan fingerprint density at radius 1 is 1.15 bits per heavy atom. The molecule has 136 valence electrons. The van der Waals surface area contributed by atoms with Crippen molar-refractivity contribution >= 4 is 44.1 Å². The molecule has 0 aliphatic rings. The Bertz CT molecular complexity index is 1160. The van der Waals surface area contributed by atoms with E-state index in [0.717, 1.165) is 27.9 Å². The minimum atomic E-state index is -1.06. The molecular weight excluding hydrogens is 378 g/mol. The predicted octanol–water partition coefficient (Wildman–Crippen LogP) is 4.59. The van der Waals surface area contributed by atoms with Crippen molar-refractivity contribution in [1.29, 1.82) is 0 Å². The standard InChI is InChI=1S/C20H17N3O2S2/c1-12-18(15-5-3-4-6-16(15)21-12)17-11-26-20(22-17)23-19(24)13-7-9-14(10-8-13)27(2)25/h3-11,21H,1-2H3,(H,22,23,24)/t27-/m1/s1. The van der Waals surface area contributed by atoms with Crippen LogP contribution in [0.25, 0.3) is 22.2 Å². The molecule has 4 aromatic rings. The quantitative estimate of drug-likeness (QED) is 0.531. The van der Waals surface area contributed by atoms with E-state index < -0.39 is 10.8 Å². The molecule has 0 radical (unpaired) electrons. The van der Waals surface area contributed by atoms with Gasteiger partial charge in [0.25, 0.3) is 5.91 Å². The number of thiazole rings is 1. The Balaban J connectivity index is 1.58. The van der Waals surface area contributed by atoms with Gasteiger partial charge in [-0.1, -0.05) is 18.2 Å². The number of anilines is 1. The molecule has 2 aromatic heterocycles. The minimum absolute atomic E-state index is 0.236. The maximum absolute atomic E-state index is 12.4. The van der Waals surface area contributed by atoms with Crippen LogP contribution in [-0.4, -0.2) is 26.3 Å². The summed E-state index contributed by atoms with van der Waals surface area (Å²) in [7, 11) is -1.06. The fraction of sp³-hybridized carbons (Fsp3) is 0.100. The summed E-state index contributed by atoms with van der Waals surface area (Å²) in [5.41, 5.74) is 4.50. The van der Waals surface area contributed by atoms with Crippen molar-refractivity contribution < 1.29 is 9.00 Å². The number of nitrogens with zero attached hydrogens (tertiary/aromatic N) is 1. The zero-order chi connectivity index (χ0) is 19.0. The van der Waals surface area contributed by atoms with Crippen molar-refractivity contribution in [3.05, 3.63) is 65.2 Å². The molecule has 0 bridgehead atoms. The van der Waals surface area contributed by atoms with Crippen LogP contribution in [0.3, 0.4) is 0 Å². The number of amides is 1. The van der Waals surface area contributed by atoms with Crippen molar-refractivity contribution in [2.45, 2.75) is 11.8 Å². The fourth-order valence-electron chi connectivity index (χ4n) is 3.02. The number of benzene rings is 2. The van der Waals surface area contributed by atoms with Crippen LogP contribution in [0.4, 0.5) is 5.13 Å². The van der Waals surface area contributed by atoms with Crippen LogP contribution in [0.15, 0.2) is 58.8 Å². The second-order valence-electron chi connectivity index (χ2n) is 6.14. The van der Waals surface area contributed by atoms with Crippen LogP contribution in [0, 0.1) is 6.92 Å². The van der Waals surface area contributed by atoms with Gasteiger partial charge >= 0.3 is 0 Å². The zero-order valence-corrected chi connectivity index (χ0v) is 16.4. The molecule has 1 atom stereocenters. The molecule has 0 fully saturated rings. The maximum Gasteiger partial charge on any atom is 0.257 e. The van der Waals surface area contributed by atoms with Gasteiger partial charge in [-0.2, -0.15) is 0 Å². The van der Waals surface area contributed by atoms with E-state index in [0.29, 0.717) is 15.6 Å². The molecular formula is C20H17N3O2S2. The molecule has 0 aliphatic carbocycles. The first-order valence-corrected chi connectivity index (χ1v) is 10.7. The number of para-hydroxylation sites is 1. The van der Waals surface area contributed by atoms with Gasteiger partial charge in [0.2, 0.25) is 0 Å². The van der Waals surface area contributed by atoms with Crippen molar-refractivity contribution in [3.63, 3.8) is 0 Å². The molecule has 2 aromatic carbocycles. The lowest BCUT2D eigenvalue weighted by Crippen LogP contribution is -2.11. The molecule has 27 heavy (non-hydrogen) atoms. The second kappa shape index (κ2) is 7.09. The Hall–Kier alpha value is -2.77. The summed E-state index contributed by atoms with van der Waals surface area (Å²) in [6, 6.07) is 14.8. The lowest BCUT2D eigenvalue weighted by molar-refractivity contribution is 0.102. The molecule has 0 spiro atoms. The number of hydrogen-bond donors (Lipinski definition) is 2.